The first-order valence-corrected chi connectivity index (χ1v) is 9.35. The molecule has 1 aliphatic heterocycles. The quantitative estimate of drug-likeness (QED) is 0.819. The summed E-state index contributed by atoms with van der Waals surface area (Å²) in [5, 5.41) is 4.34. The summed E-state index contributed by atoms with van der Waals surface area (Å²) in [4.78, 5) is 17.2. The lowest BCUT2D eigenvalue weighted by atomic mass is 10.1. The van der Waals surface area contributed by atoms with Gasteiger partial charge in [0.05, 0.1) is 6.04 Å². The Kier molecular flexibility index (Phi) is 7.08. The van der Waals surface area contributed by atoms with Crippen molar-refractivity contribution in [3.05, 3.63) is 34.9 Å². The lowest BCUT2D eigenvalue weighted by Gasteiger charge is -2.28. The highest BCUT2D eigenvalue weighted by Crippen LogP contribution is 2.23. The van der Waals surface area contributed by atoms with Crippen molar-refractivity contribution in [3.8, 4) is 0 Å². The number of nitrogens with one attached hydrogen (secondary N) is 1. The number of halogens is 1. The average Bonchev–Trinajstić information content (AvgIpc) is 2.92. The van der Waals surface area contributed by atoms with Crippen LogP contribution in [0.5, 0.6) is 0 Å². The van der Waals surface area contributed by atoms with Crippen LogP contribution in [0.3, 0.4) is 0 Å². The largest absolute Gasteiger partial charge is 0.342 e. The average molecular weight is 352 g/mol. The number of likely N-dealkylation sites (tertiary alicyclic amines) is 1. The summed E-state index contributed by atoms with van der Waals surface area (Å²) in [6.07, 6.45) is 0.876. The summed E-state index contributed by atoms with van der Waals surface area (Å²) in [7, 11) is 0. The zero-order chi connectivity index (χ0) is 17.7. The van der Waals surface area contributed by atoms with Crippen LogP contribution in [0.15, 0.2) is 24.3 Å². The number of nitrogens with zero attached hydrogens (tertiary/aromatic N) is 2. The maximum absolute atomic E-state index is 12.9. The molecule has 0 unspecified atom stereocenters. The minimum atomic E-state index is -0.0446. The van der Waals surface area contributed by atoms with Crippen LogP contribution in [0.2, 0.25) is 5.02 Å². The molecule has 0 radical (unpaired) electrons. The van der Waals surface area contributed by atoms with E-state index in [4.69, 9.17) is 11.6 Å². The van der Waals surface area contributed by atoms with Crippen molar-refractivity contribution in [2.75, 3.05) is 19.6 Å². The molecule has 1 saturated heterocycles. The predicted molar refractivity (Wildman–Crippen MR) is 100 cm³/mol. The number of rotatable bonds is 7. The zero-order valence-electron chi connectivity index (χ0n) is 15.3. The van der Waals surface area contributed by atoms with Crippen molar-refractivity contribution >= 4 is 17.5 Å². The van der Waals surface area contributed by atoms with Crippen molar-refractivity contribution in [1.29, 1.82) is 0 Å². The Morgan fingerprint density at radius 2 is 1.92 bits per heavy atom. The highest BCUT2D eigenvalue weighted by atomic mass is 35.5. The Bertz CT molecular complexity index is 528. The molecule has 0 saturated carbocycles. The fourth-order valence-corrected chi connectivity index (χ4v) is 3.62. The minimum Gasteiger partial charge on any atom is -0.342 e. The normalized spacial score (nSPS) is 21.4. The van der Waals surface area contributed by atoms with Crippen LogP contribution in [0.1, 0.15) is 39.7 Å². The van der Waals surface area contributed by atoms with Crippen molar-refractivity contribution in [2.24, 2.45) is 0 Å². The molecule has 1 aliphatic rings. The van der Waals surface area contributed by atoms with E-state index >= 15 is 0 Å². The van der Waals surface area contributed by atoms with E-state index in [1.165, 1.54) is 5.56 Å². The standard InChI is InChI=1S/C19H30ClN3O/c1-5-22(6-2)19(24)18-11-17(21-14(3)4)13-23(18)12-15-7-9-16(20)10-8-15/h7-10,14,17-18,21H,5-6,11-13H2,1-4H3/t17-,18+/m1/s1. The van der Waals surface area contributed by atoms with Gasteiger partial charge in [0.1, 0.15) is 0 Å². The van der Waals surface area contributed by atoms with Crippen LogP contribution < -0.4 is 5.32 Å². The summed E-state index contributed by atoms with van der Waals surface area (Å²) < 4.78 is 0. The molecule has 4 nitrogen and oxygen atoms in total. The number of amides is 1. The van der Waals surface area contributed by atoms with Crippen LogP contribution in [0.25, 0.3) is 0 Å². The minimum absolute atomic E-state index is 0.0446. The van der Waals surface area contributed by atoms with Crippen LogP contribution in [0, 0.1) is 0 Å². The highest BCUT2D eigenvalue weighted by Gasteiger charge is 2.38. The van der Waals surface area contributed by atoms with Gasteiger partial charge in [-0.3, -0.25) is 9.69 Å². The van der Waals surface area contributed by atoms with E-state index in [0.717, 1.165) is 37.6 Å². The molecule has 5 heteroatoms. The van der Waals surface area contributed by atoms with Crippen LogP contribution in [0.4, 0.5) is 0 Å². The summed E-state index contributed by atoms with van der Waals surface area (Å²) in [6, 6.07) is 8.67. The molecule has 1 amide bonds. The molecule has 134 valence electrons. The van der Waals surface area contributed by atoms with E-state index in [1.807, 2.05) is 43.0 Å². The van der Waals surface area contributed by atoms with E-state index in [-0.39, 0.29) is 11.9 Å². The van der Waals surface area contributed by atoms with Gasteiger partial charge >= 0.3 is 0 Å². The van der Waals surface area contributed by atoms with E-state index in [0.29, 0.717) is 12.1 Å². The fraction of sp³-hybridized carbons (Fsp3) is 0.632. The van der Waals surface area contributed by atoms with Gasteiger partial charge in [0.15, 0.2) is 0 Å². The molecule has 0 aromatic heterocycles. The fourth-order valence-electron chi connectivity index (χ4n) is 3.50. The second-order valence-corrected chi connectivity index (χ2v) is 7.27. The monoisotopic (exact) mass is 351 g/mol. The van der Waals surface area contributed by atoms with Crippen molar-refractivity contribution in [2.45, 2.75) is 58.8 Å². The Morgan fingerprint density at radius 1 is 1.29 bits per heavy atom. The number of hydrogen-bond acceptors (Lipinski definition) is 3. The zero-order valence-corrected chi connectivity index (χ0v) is 16.0. The van der Waals surface area contributed by atoms with Gasteiger partial charge < -0.3 is 10.2 Å². The first-order chi connectivity index (χ1) is 11.4. The van der Waals surface area contributed by atoms with E-state index in [2.05, 4.69) is 24.1 Å². The molecule has 2 rings (SSSR count). The first kappa shape index (κ1) is 19.2. The number of carbonyl (C=O) groups excluding carboxylic acids is 1. The number of hydrogen-bond donors (Lipinski definition) is 1. The molecule has 1 fully saturated rings. The van der Waals surface area contributed by atoms with Crippen LogP contribution >= 0.6 is 11.6 Å². The highest BCUT2D eigenvalue weighted by molar-refractivity contribution is 6.30. The number of likely N-dealkylation sites (N-methyl/N-ethyl adjacent to an activating group) is 1. The van der Waals surface area contributed by atoms with Crippen LogP contribution in [-0.4, -0.2) is 53.5 Å². The van der Waals surface area contributed by atoms with E-state index < -0.39 is 0 Å². The van der Waals surface area contributed by atoms with Gasteiger partial charge in [0.2, 0.25) is 5.91 Å². The van der Waals surface area contributed by atoms with Gasteiger partial charge in [-0.05, 0) is 38.0 Å². The molecule has 1 N–H and O–H groups in total. The molecule has 1 heterocycles. The Labute approximate surface area is 151 Å². The van der Waals surface area contributed by atoms with E-state index in [9.17, 15) is 4.79 Å². The molecule has 1 aromatic rings. The topological polar surface area (TPSA) is 35.6 Å². The van der Waals surface area contributed by atoms with Gasteiger partial charge in [-0.1, -0.05) is 37.6 Å². The second-order valence-electron chi connectivity index (χ2n) is 6.84. The maximum Gasteiger partial charge on any atom is 0.239 e. The third kappa shape index (κ3) is 4.95. The summed E-state index contributed by atoms with van der Waals surface area (Å²) in [6.45, 7) is 11.6. The smallest absolute Gasteiger partial charge is 0.239 e. The van der Waals surface area contributed by atoms with Gasteiger partial charge in [-0.2, -0.15) is 0 Å². The third-order valence-electron chi connectivity index (χ3n) is 4.63. The third-order valence-corrected chi connectivity index (χ3v) is 4.88. The van der Waals surface area contributed by atoms with Gasteiger partial charge in [0, 0.05) is 43.3 Å². The molecule has 1 aromatic carbocycles. The SMILES string of the molecule is CCN(CC)C(=O)[C@@H]1C[C@@H](NC(C)C)CN1Cc1ccc(Cl)cc1. The molecule has 2 atom stereocenters. The molecule has 0 aliphatic carbocycles. The Morgan fingerprint density at radius 3 is 2.46 bits per heavy atom. The van der Waals surface area contributed by atoms with Gasteiger partial charge in [-0.25, -0.2) is 0 Å². The number of carbonyl (C=O) groups is 1. The molecule has 0 spiro atoms. The molecule has 24 heavy (non-hydrogen) atoms. The second kappa shape index (κ2) is 8.84. The first-order valence-electron chi connectivity index (χ1n) is 8.97. The molecular weight excluding hydrogens is 322 g/mol. The van der Waals surface area contributed by atoms with Gasteiger partial charge in [-0.15, -0.1) is 0 Å². The van der Waals surface area contributed by atoms with Crippen molar-refractivity contribution in [3.63, 3.8) is 0 Å². The van der Waals surface area contributed by atoms with E-state index in [1.54, 1.807) is 0 Å². The maximum atomic E-state index is 12.9. The lowest BCUT2D eigenvalue weighted by molar-refractivity contribution is -0.135. The summed E-state index contributed by atoms with van der Waals surface area (Å²) in [5.41, 5.74) is 1.20. The van der Waals surface area contributed by atoms with Crippen LogP contribution in [-0.2, 0) is 11.3 Å². The number of benzene rings is 1. The predicted octanol–water partition coefficient (Wildman–Crippen LogP) is 3.15. The Balaban J connectivity index is 2.13. The summed E-state index contributed by atoms with van der Waals surface area (Å²) in [5.74, 6) is 0.252. The molecular formula is C19H30ClN3O. The van der Waals surface area contributed by atoms with Crippen molar-refractivity contribution in [1.82, 2.24) is 15.1 Å². The lowest BCUT2D eigenvalue weighted by Crippen LogP contribution is -2.45. The summed E-state index contributed by atoms with van der Waals surface area (Å²) >= 11 is 5.98. The van der Waals surface area contributed by atoms with Crippen molar-refractivity contribution < 1.29 is 4.79 Å². The molecule has 0 bridgehead atoms. The van der Waals surface area contributed by atoms with Gasteiger partial charge in [0.25, 0.3) is 0 Å². The Hall–Kier alpha value is -1.10.